The van der Waals surface area contributed by atoms with Crippen molar-refractivity contribution in [1.29, 1.82) is 0 Å². The molecule has 0 N–H and O–H groups in total. The van der Waals surface area contributed by atoms with E-state index in [1.807, 2.05) is 0 Å². The maximum absolute atomic E-state index is 6.07. The standard InChI is InChI=1S/C16H20O2.2Hg/c1-3-5-7-9-11-15-13-18-16(14-17-15)12-10-8-6-4-2;;/h1-10,15-16H,11-14H2;;. The molecule has 100 valence electrons. The molecule has 1 saturated heterocycles. The van der Waals surface area contributed by atoms with E-state index < -0.39 is 49.1 Å². The molecule has 0 bridgehead atoms. The quantitative estimate of drug-likeness (QED) is 0.437. The van der Waals surface area contributed by atoms with Crippen molar-refractivity contribution in [2.45, 2.75) is 31.9 Å². The first kappa shape index (κ1) is 15.6. The van der Waals surface area contributed by atoms with Crippen LogP contribution in [-0.4, -0.2) is 25.4 Å². The maximum atomic E-state index is 6.07. The molecule has 4 atom stereocenters. The number of allylic oxidation sites excluding steroid dienone is 6. The van der Waals surface area contributed by atoms with Gasteiger partial charge in [-0.3, -0.25) is 0 Å². The second kappa shape index (κ2) is 8.40. The Hall–Kier alpha value is 0.750. The summed E-state index contributed by atoms with van der Waals surface area (Å²) in [7, 11) is 0. The summed E-state index contributed by atoms with van der Waals surface area (Å²) in [6.45, 7) is 1.63. The van der Waals surface area contributed by atoms with E-state index in [1.54, 1.807) is 0 Å². The van der Waals surface area contributed by atoms with Crippen LogP contribution in [0, 0.1) is 0 Å². The molecule has 0 amide bonds. The number of hydrogen-bond acceptors (Lipinski definition) is 2. The summed E-state index contributed by atoms with van der Waals surface area (Å²) < 4.78 is 18.8. The van der Waals surface area contributed by atoms with Crippen LogP contribution < -0.4 is 0 Å². The number of hydrogen-bond donors (Lipinski definition) is 0. The molecule has 0 aliphatic carbocycles. The van der Waals surface area contributed by atoms with Crippen LogP contribution >= 0.6 is 0 Å². The number of ether oxygens (including phenoxy) is 2. The van der Waals surface area contributed by atoms with Crippen LogP contribution in [-0.2, 0) is 58.6 Å². The second-order valence-electron chi connectivity index (χ2n) is 6.00. The summed E-state index contributed by atoms with van der Waals surface area (Å²) in [4.78, 5) is 0. The Labute approximate surface area is 146 Å². The molecule has 0 aromatic rings. The van der Waals surface area contributed by atoms with Gasteiger partial charge in [0.05, 0.1) is 0 Å². The Morgan fingerprint density at radius 2 is 1.25 bits per heavy atom. The third kappa shape index (κ3) is 4.89. The van der Waals surface area contributed by atoms with E-state index in [4.69, 9.17) is 9.47 Å². The fourth-order valence-corrected chi connectivity index (χ4v) is 15.1. The summed E-state index contributed by atoms with van der Waals surface area (Å²) in [5.74, 6) is 0. The molecule has 0 radical (unpaired) electrons. The van der Waals surface area contributed by atoms with Crippen molar-refractivity contribution in [3.05, 3.63) is 43.6 Å². The van der Waals surface area contributed by atoms with Gasteiger partial charge in [-0.1, -0.05) is 0 Å². The van der Waals surface area contributed by atoms with E-state index in [0.29, 0.717) is 12.2 Å². The molecular formula is C16H20Hg2O2. The van der Waals surface area contributed by atoms with Gasteiger partial charge in [-0.15, -0.1) is 0 Å². The minimum absolute atomic E-state index is 0.346. The molecule has 4 unspecified atom stereocenters. The van der Waals surface area contributed by atoms with Gasteiger partial charge in [0, 0.05) is 0 Å². The molecule has 3 aliphatic heterocycles. The van der Waals surface area contributed by atoms with Crippen LogP contribution in [0.5, 0.6) is 0 Å². The van der Waals surface area contributed by atoms with Gasteiger partial charge in [-0.05, 0) is 0 Å². The van der Waals surface area contributed by atoms with E-state index in [-0.39, 0.29) is 0 Å². The number of rotatable bonds is 4. The average molecular weight is 646 g/mol. The zero-order chi connectivity index (χ0) is 13.6. The molecule has 0 aromatic carbocycles. The molecule has 1 fully saturated rings. The van der Waals surface area contributed by atoms with Crippen molar-refractivity contribution in [3.63, 3.8) is 0 Å². The van der Waals surface area contributed by atoms with Crippen molar-refractivity contribution < 1.29 is 58.6 Å². The molecule has 3 rings (SSSR count). The predicted molar refractivity (Wildman–Crippen MR) is 72.8 cm³/mol. The Kier molecular flexibility index (Phi) is 6.57. The van der Waals surface area contributed by atoms with Crippen molar-refractivity contribution in [3.8, 4) is 0 Å². The molecule has 2 nitrogen and oxygen atoms in total. The molecule has 3 aliphatic rings. The third-order valence-electron chi connectivity index (χ3n) is 4.31. The summed E-state index contributed by atoms with van der Waals surface area (Å²) in [6.07, 6.45) is 16.7. The van der Waals surface area contributed by atoms with Crippen LogP contribution in [0.25, 0.3) is 0 Å². The van der Waals surface area contributed by atoms with Gasteiger partial charge in [0.2, 0.25) is 0 Å². The zero-order valence-electron chi connectivity index (χ0n) is 12.0. The fourth-order valence-electron chi connectivity index (χ4n) is 3.14. The molecular weight excluding hydrogens is 625 g/mol. The van der Waals surface area contributed by atoms with E-state index in [9.17, 15) is 0 Å². The Morgan fingerprint density at radius 3 is 1.60 bits per heavy atom. The van der Waals surface area contributed by atoms with Crippen molar-refractivity contribution in [2.75, 3.05) is 13.2 Å². The molecule has 0 spiro atoms. The van der Waals surface area contributed by atoms with Crippen LogP contribution in [0.3, 0.4) is 0 Å². The van der Waals surface area contributed by atoms with Gasteiger partial charge in [0.25, 0.3) is 0 Å². The average Bonchev–Trinajstić information content (AvgIpc) is 2.51. The van der Waals surface area contributed by atoms with Crippen LogP contribution in [0.15, 0.2) is 43.6 Å². The van der Waals surface area contributed by atoms with Gasteiger partial charge in [0.15, 0.2) is 0 Å². The van der Waals surface area contributed by atoms with Crippen LogP contribution in [0.4, 0.5) is 0 Å². The Balaban J connectivity index is 1.38. The van der Waals surface area contributed by atoms with Gasteiger partial charge >= 0.3 is 147 Å². The SMILES string of the molecule is C1=[CH][Hg][CH](CC2COC(C[CH]3C=CC=[CH][Hg]3)CO2)C=C1. The van der Waals surface area contributed by atoms with E-state index in [1.165, 1.54) is 12.8 Å². The first-order valence-electron chi connectivity index (χ1n) is 7.80. The molecule has 0 aromatic heterocycles. The van der Waals surface area contributed by atoms with E-state index in [0.717, 1.165) is 20.1 Å². The Bertz CT molecular complexity index is 380. The van der Waals surface area contributed by atoms with Crippen molar-refractivity contribution in [1.82, 2.24) is 0 Å². The van der Waals surface area contributed by atoms with Crippen molar-refractivity contribution >= 4 is 0 Å². The molecule has 4 heteroatoms. The second-order valence-corrected chi connectivity index (χ2v) is 21.5. The topological polar surface area (TPSA) is 18.5 Å². The van der Waals surface area contributed by atoms with Gasteiger partial charge in [0.1, 0.15) is 0 Å². The van der Waals surface area contributed by atoms with Gasteiger partial charge in [-0.25, -0.2) is 0 Å². The van der Waals surface area contributed by atoms with E-state index >= 15 is 0 Å². The van der Waals surface area contributed by atoms with E-state index in [2.05, 4.69) is 43.6 Å². The molecule has 0 saturated carbocycles. The monoisotopic (exact) mass is 648 g/mol. The molecule has 3 heterocycles. The normalized spacial score (nSPS) is 34.8. The van der Waals surface area contributed by atoms with Gasteiger partial charge in [-0.2, -0.15) is 0 Å². The Morgan fingerprint density at radius 1 is 0.750 bits per heavy atom. The fraction of sp³-hybridized carbons (Fsp3) is 0.500. The third-order valence-corrected chi connectivity index (χ3v) is 18.0. The van der Waals surface area contributed by atoms with Gasteiger partial charge < -0.3 is 0 Å². The first-order valence-corrected chi connectivity index (χ1v) is 20.5. The van der Waals surface area contributed by atoms with Crippen molar-refractivity contribution in [2.24, 2.45) is 0 Å². The summed E-state index contributed by atoms with van der Waals surface area (Å²) in [6, 6.07) is 0. The predicted octanol–water partition coefficient (Wildman–Crippen LogP) is 3.46. The summed E-state index contributed by atoms with van der Waals surface area (Å²) in [5, 5.41) is 0. The van der Waals surface area contributed by atoms with Crippen LogP contribution in [0.2, 0.25) is 6.85 Å². The summed E-state index contributed by atoms with van der Waals surface area (Å²) >= 11 is -1.59. The van der Waals surface area contributed by atoms with Crippen LogP contribution in [0.1, 0.15) is 12.8 Å². The zero-order valence-corrected chi connectivity index (χ0v) is 23.0. The minimum atomic E-state index is -0.796. The first-order chi connectivity index (χ1) is 9.90. The molecule has 20 heavy (non-hydrogen) atoms. The summed E-state index contributed by atoms with van der Waals surface area (Å²) in [5.41, 5.74) is 0.